The number of nitrogens with zero attached hydrogens (tertiary/aromatic N) is 1. The fraction of sp³-hybridized carbons (Fsp3) is 0.150. The number of hydrogen-bond donors (Lipinski definition) is 0. The minimum absolute atomic E-state index is 0.340. The number of para-hydroxylation sites is 1. The molecule has 0 aliphatic carbocycles. The van der Waals surface area contributed by atoms with Gasteiger partial charge in [0, 0.05) is 23.1 Å². The molecule has 4 nitrogen and oxygen atoms in total. The van der Waals surface area contributed by atoms with Crippen LogP contribution in [0.25, 0.3) is 16.8 Å². The first-order valence-corrected chi connectivity index (χ1v) is 7.66. The molecule has 3 aromatic rings. The van der Waals surface area contributed by atoms with E-state index in [1.54, 1.807) is 7.11 Å². The summed E-state index contributed by atoms with van der Waals surface area (Å²) in [7, 11) is 3.03. The second-order valence-corrected chi connectivity index (χ2v) is 5.43. The number of aromatic nitrogens is 1. The van der Waals surface area contributed by atoms with Crippen LogP contribution in [0.2, 0.25) is 0 Å². The summed E-state index contributed by atoms with van der Waals surface area (Å²) in [6, 6.07) is 17.6. The maximum atomic E-state index is 12.3. The molecule has 1 heterocycles. The Balaban J connectivity index is 2.18. The van der Waals surface area contributed by atoms with Crippen LogP contribution in [0.15, 0.2) is 60.8 Å². The van der Waals surface area contributed by atoms with Gasteiger partial charge in [-0.25, -0.2) is 4.79 Å². The zero-order chi connectivity index (χ0) is 17.1. The van der Waals surface area contributed by atoms with Crippen LogP contribution in [0, 0.1) is 6.92 Å². The number of esters is 1. The molecule has 0 N–H and O–H groups in total. The number of carbonyl (C=O) groups excluding carboxylic acids is 1. The van der Waals surface area contributed by atoms with Crippen molar-refractivity contribution in [2.45, 2.75) is 6.92 Å². The number of carbonyl (C=O) groups is 1. The lowest BCUT2D eigenvalue weighted by Crippen LogP contribution is -2.05. The van der Waals surface area contributed by atoms with E-state index in [9.17, 15) is 4.79 Å². The molecule has 0 aliphatic rings. The van der Waals surface area contributed by atoms with E-state index in [-0.39, 0.29) is 5.97 Å². The molecule has 0 bridgehead atoms. The summed E-state index contributed by atoms with van der Waals surface area (Å²) in [4.78, 5) is 12.3. The number of benzene rings is 2. The van der Waals surface area contributed by atoms with Gasteiger partial charge in [0.15, 0.2) is 0 Å². The van der Waals surface area contributed by atoms with Crippen LogP contribution in [0.5, 0.6) is 5.75 Å². The third-order valence-electron chi connectivity index (χ3n) is 4.08. The highest BCUT2D eigenvalue weighted by molar-refractivity contribution is 5.99. The molecule has 4 heteroatoms. The van der Waals surface area contributed by atoms with Crippen molar-refractivity contribution in [3.8, 4) is 22.6 Å². The number of hydrogen-bond acceptors (Lipinski definition) is 3. The number of methoxy groups -OCH3 is 2. The van der Waals surface area contributed by atoms with Crippen molar-refractivity contribution >= 4 is 5.97 Å². The Morgan fingerprint density at radius 2 is 1.62 bits per heavy atom. The van der Waals surface area contributed by atoms with Crippen LogP contribution in [-0.4, -0.2) is 24.8 Å². The predicted molar refractivity (Wildman–Crippen MR) is 93.8 cm³/mol. The van der Waals surface area contributed by atoms with Gasteiger partial charge in [0.25, 0.3) is 0 Å². The Bertz CT molecular complexity index is 849. The molecule has 122 valence electrons. The van der Waals surface area contributed by atoms with Gasteiger partial charge in [0.05, 0.1) is 19.8 Å². The molecule has 0 atom stereocenters. The summed E-state index contributed by atoms with van der Waals surface area (Å²) in [5.41, 5.74) is 4.20. The summed E-state index contributed by atoms with van der Waals surface area (Å²) < 4.78 is 12.2. The third-order valence-corrected chi connectivity index (χ3v) is 4.08. The normalized spacial score (nSPS) is 10.5. The van der Waals surface area contributed by atoms with E-state index in [4.69, 9.17) is 9.47 Å². The van der Waals surface area contributed by atoms with E-state index in [2.05, 4.69) is 0 Å². The lowest BCUT2D eigenvalue weighted by Gasteiger charge is -2.06. The van der Waals surface area contributed by atoms with Gasteiger partial charge in [-0.2, -0.15) is 0 Å². The van der Waals surface area contributed by atoms with Crippen molar-refractivity contribution in [1.82, 2.24) is 4.57 Å². The molecule has 0 amide bonds. The maximum Gasteiger partial charge on any atom is 0.340 e. The van der Waals surface area contributed by atoms with E-state index in [1.165, 1.54) is 7.11 Å². The van der Waals surface area contributed by atoms with E-state index in [1.807, 2.05) is 72.3 Å². The van der Waals surface area contributed by atoms with Gasteiger partial charge in [-0.1, -0.05) is 30.3 Å². The molecular weight excluding hydrogens is 302 g/mol. The zero-order valence-corrected chi connectivity index (χ0v) is 13.9. The highest BCUT2D eigenvalue weighted by Crippen LogP contribution is 2.31. The highest BCUT2D eigenvalue weighted by Gasteiger charge is 2.21. The number of rotatable bonds is 4. The van der Waals surface area contributed by atoms with Gasteiger partial charge in [0.2, 0.25) is 0 Å². The first-order valence-electron chi connectivity index (χ1n) is 7.66. The predicted octanol–water partition coefficient (Wildman–Crippen LogP) is 4.25. The monoisotopic (exact) mass is 321 g/mol. The van der Waals surface area contributed by atoms with Crippen LogP contribution < -0.4 is 4.74 Å². The zero-order valence-electron chi connectivity index (χ0n) is 13.9. The summed E-state index contributed by atoms with van der Waals surface area (Å²) in [5, 5.41) is 0. The fourth-order valence-corrected chi connectivity index (χ4v) is 2.81. The second kappa shape index (κ2) is 6.62. The minimum atomic E-state index is -0.340. The number of ether oxygens (including phenoxy) is 2. The molecule has 0 unspecified atom stereocenters. The van der Waals surface area contributed by atoms with E-state index < -0.39 is 0 Å². The molecule has 0 aliphatic heterocycles. The van der Waals surface area contributed by atoms with E-state index in [0.29, 0.717) is 5.56 Å². The Labute approximate surface area is 141 Å². The molecule has 1 aromatic heterocycles. The summed E-state index contributed by atoms with van der Waals surface area (Å²) >= 11 is 0. The molecule has 0 radical (unpaired) electrons. The Morgan fingerprint density at radius 3 is 2.21 bits per heavy atom. The highest BCUT2D eigenvalue weighted by atomic mass is 16.5. The van der Waals surface area contributed by atoms with Crippen molar-refractivity contribution in [1.29, 1.82) is 0 Å². The van der Waals surface area contributed by atoms with Crippen molar-refractivity contribution in [2.24, 2.45) is 0 Å². The fourth-order valence-electron chi connectivity index (χ4n) is 2.81. The SMILES string of the molecule is COC(=O)c1c(-c2ccc(OC)cc2)cn(-c2ccccc2)c1C. The van der Waals surface area contributed by atoms with E-state index >= 15 is 0 Å². The average molecular weight is 321 g/mol. The maximum absolute atomic E-state index is 12.3. The van der Waals surface area contributed by atoms with Crippen LogP contribution in [0.3, 0.4) is 0 Å². The Morgan fingerprint density at radius 1 is 0.958 bits per heavy atom. The van der Waals surface area contributed by atoms with E-state index in [0.717, 1.165) is 28.3 Å². The largest absolute Gasteiger partial charge is 0.497 e. The average Bonchev–Trinajstić information content (AvgIpc) is 2.99. The first-order chi connectivity index (χ1) is 11.7. The molecule has 0 saturated heterocycles. The van der Waals surface area contributed by atoms with Crippen molar-refractivity contribution in [3.05, 3.63) is 72.1 Å². The molecular formula is C20H19NO3. The van der Waals surface area contributed by atoms with Gasteiger partial charge in [-0.05, 0) is 36.8 Å². The molecule has 0 fully saturated rings. The third kappa shape index (κ3) is 2.78. The van der Waals surface area contributed by atoms with Crippen molar-refractivity contribution < 1.29 is 14.3 Å². The Kier molecular flexibility index (Phi) is 4.38. The minimum Gasteiger partial charge on any atom is -0.497 e. The first kappa shape index (κ1) is 15.9. The van der Waals surface area contributed by atoms with Crippen LogP contribution in [0.4, 0.5) is 0 Å². The molecule has 0 saturated carbocycles. The van der Waals surface area contributed by atoms with Gasteiger partial charge in [0.1, 0.15) is 5.75 Å². The smallest absolute Gasteiger partial charge is 0.340 e. The molecule has 0 spiro atoms. The summed E-state index contributed by atoms with van der Waals surface area (Å²) in [5.74, 6) is 0.436. The van der Waals surface area contributed by atoms with Crippen molar-refractivity contribution in [3.63, 3.8) is 0 Å². The lowest BCUT2D eigenvalue weighted by atomic mass is 10.0. The summed E-state index contributed by atoms with van der Waals surface area (Å²) in [6.07, 6.45) is 1.97. The van der Waals surface area contributed by atoms with Crippen LogP contribution in [0.1, 0.15) is 16.1 Å². The van der Waals surface area contributed by atoms with Gasteiger partial charge >= 0.3 is 5.97 Å². The van der Waals surface area contributed by atoms with Gasteiger partial charge < -0.3 is 14.0 Å². The topological polar surface area (TPSA) is 40.5 Å². The standard InChI is InChI=1S/C20H19NO3/c1-14-19(20(22)24-3)18(15-9-11-17(23-2)12-10-15)13-21(14)16-7-5-4-6-8-16/h4-13H,1-3H3. The Hall–Kier alpha value is -3.01. The van der Waals surface area contributed by atoms with Crippen LogP contribution in [-0.2, 0) is 4.74 Å². The second-order valence-electron chi connectivity index (χ2n) is 5.43. The van der Waals surface area contributed by atoms with Crippen molar-refractivity contribution in [2.75, 3.05) is 14.2 Å². The molecule has 2 aromatic carbocycles. The molecule has 24 heavy (non-hydrogen) atoms. The quantitative estimate of drug-likeness (QED) is 0.675. The summed E-state index contributed by atoms with van der Waals surface area (Å²) in [6.45, 7) is 1.92. The molecule has 3 rings (SSSR count). The van der Waals surface area contributed by atoms with Gasteiger partial charge in [-0.3, -0.25) is 0 Å². The van der Waals surface area contributed by atoms with Crippen LogP contribution >= 0.6 is 0 Å². The van der Waals surface area contributed by atoms with Gasteiger partial charge in [-0.15, -0.1) is 0 Å². The lowest BCUT2D eigenvalue weighted by molar-refractivity contribution is 0.0601.